The maximum absolute atomic E-state index is 13.2. The Bertz CT molecular complexity index is 1580. The van der Waals surface area contributed by atoms with Crippen molar-refractivity contribution >= 4 is 56.7 Å². The van der Waals surface area contributed by atoms with E-state index in [1.807, 2.05) is 6.07 Å². The first kappa shape index (κ1) is 31.9. The average molecular weight is 598 g/mol. The molecule has 0 fully saturated rings. The van der Waals surface area contributed by atoms with Crippen LogP contribution >= 0.6 is 11.3 Å². The number of alkyl carbamates (subject to hydrolysis) is 1. The van der Waals surface area contributed by atoms with Gasteiger partial charge in [0, 0.05) is 10.9 Å². The van der Waals surface area contributed by atoms with Gasteiger partial charge in [0.2, 0.25) is 5.91 Å². The summed E-state index contributed by atoms with van der Waals surface area (Å²) in [6.07, 6.45) is -2.02. The van der Waals surface area contributed by atoms with Crippen LogP contribution in [-0.2, 0) is 14.3 Å². The predicted octanol–water partition coefficient (Wildman–Crippen LogP) is 4.10. The Morgan fingerprint density at radius 3 is 2.33 bits per heavy atom. The van der Waals surface area contributed by atoms with Gasteiger partial charge in [-0.15, -0.1) is 11.3 Å². The molecule has 0 aliphatic heterocycles. The topological polar surface area (TPSA) is 218 Å². The van der Waals surface area contributed by atoms with Crippen LogP contribution in [0.2, 0.25) is 0 Å². The molecule has 3 rings (SSSR count). The van der Waals surface area contributed by atoms with Gasteiger partial charge in [-0.25, -0.2) is 9.78 Å². The molecule has 0 aliphatic rings. The van der Waals surface area contributed by atoms with E-state index < -0.39 is 35.3 Å². The molecule has 42 heavy (non-hydrogen) atoms. The lowest BCUT2D eigenvalue weighted by molar-refractivity contribution is -0.124. The summed E-state index contributed by atoms with van der Waals surface area (Å²) in [5.74, 6) is -1.00. The third-order valence-electron chi connectivity index (χ3n) is 5.55. The molecule has 224 valence electrons. The van der Waals surface area contributed by atoms with Crippen molar-refractivity contribution in [3.8, 4) is 22.9 Å². The van der Waals surface area contributed by atoms with E-state index >= 15 is 0 Å². The number of ether oxygens (including phenoxy) is 3. The van der Waals surface area contributed by atoms with Crippen molar-refractivity contribution in [3.05, 3.63) is 28.6 Å². The van der Waals surface area contributed by atoms with Crippen LogP contribution in [0.5, 0.6) is 5.75 Å². The summed E-state index contributed by atoms with van der Waals surface area (Å²) >= 11 is 0.963. The van der Waals surface area contributed by atoms with Gasteiger partial charge in [0.25, 0.3) is 5.91 Å². The standard InChI is InChI=1S/C28H35N7O6S/c1-27(2,3)40-18(34-26(38)41-28(4,5)6)11-17(36)33-15-10-13(8-9-16(15)39-7)19-14(12-29)23(31)35-25-20(19)21(30)22(42-25)24(32)37/h8-10,18H,11,30H2,1-7H3,(H2,31,35)(H2,32,37)(H,33,36)(H,34,38). The van der Waals surface area contributed by atoms with E-state index in [1.165, 1.54) is 7.11 Å². The minimum absolute atomic E-state index is 0.0330. The molecule has 0 saturated heterocycles. The zero-order chi connectivity index (χ0) is 31.6. The number of methoxy groups -OCH3 is 1. The van der Waals surface area contributed by atoms with Gasteiger partial charge in [0.1, 0.15) is 44.7 Å². The van der Waals surface area contributed by atoms with Gasteiger partial charge in [0.15, 0.2) is 0 Å². The monoisotopic (exact) mass is 597 g/mol. The van der Waals surface area contributed by atoms with Crippen LogP contribution in [0.4, 0.5) is 22.0 Å². The first-order valence-corrected chi connectivity index (χ1v) is 13.6. The van der Waals surface area contributed by atoms with Crippen LogP contribution in [0.15, 0.2) is 18.2 Å². The minimum Gasteiger partial charge on any atom is -0.495 e. The fourth-order valence-corrected chi connectivity index (χ4v) is 5.04. The summed E-state index contributed by atoms with van der Waals surface area (Å²) < 4.78 is 16.7. The van der Waals surface area contributed by atoms with Crippen molar-refractivity contribution in [2.45, 2.75) is 65.4 Å². The smallest absolute Gasteiger partial charge is 0.409 e. The number of carbonyl (C=O) groups excluding carboxylic acids is 3. The first-order valence-electron chi connectivity index (χ1n) is 12.8. The normalized spacial score (nSPS) is 12.3. The number of nitriles is 1. The number of hydrogen-bond acceptors (Lipinski definition) is 11. The number of nitrogens with two attached hydrogens (primary N) is 3. The second kappa shape index (κ2) is 12.1. The largest absolute Gasteiger partial charge is 0.495 e. The van der Waals surface area contributed by atoms with E-state index in [0.29, 0.717) is 27.1 Å². The molecular weight excluding hydrogens is 562 g/mol. The Balaban J connectivity index is 2.02. The molecule has 2 heterocycles. The molecule has 1 unspecified atom stereocenters. The predicted molar refractivity (Wildman–Crippen MR) is 161 cm³/mol. The molecule has 1 aromatic carbocycles. The fraction of sp³-hybridized carbons (Fsp3) is 0.393. The highest BCUT2D eigenvalue weighted by atomic mass is 32.1. The summed E-state index contributed by atoms with van der Waals surface area (Å²) in [5.41, 5.74) is 17.5. The van der Waals surface area contributed by atoms with Crippen LogP contribution in [0, 0.1) is 11.3 Å². The Kier molecular flexibility index (Phi) is 9.19. The number of anilines is 3. The molecule has 3 aromatic rings. The molecule has 0 aliphatic carbocycles. The molecule has 8 N–H and O–H groups in total. The molecule has 0 radical (unpaired) electrons. The van der Waals surface area contributed by atoms with Crippen molar-refractivity contribution in [2.24, 2.45) is 5.73 Å². The van der Waals surface area contributed by atoms with E-state index in [0.717, 1.165) is 11.3 Å². The van der Waals surface area contributed by atoms with Crippen molar-refractivity contribution in [1.29, 1.82) is 5.26 Å². The van der Waals surface area contributed by atoms with Gasteiger partial charge >= 0.3 is 6.09 Å². The Morgan fingerprint density at radius 1 is 1.12 bits per heavy atom. The summed E-state index contributed by atoms with van der Waals surface area (Å²) in [4.78, 5) is 42.3. The third kappa shape index (κ3) is 7.56. The van der Waals surface area contributed by atoms with E-state index in [2.05, 4.69) is 15.6 Å². The lowest BCUT2D eigenvalue weighted by atomic mass is 9.96. The number of aromatic nitrogens is 1. The number of rotatable bonds is 8. The van der Waals surface area contributed by atoms with E-state index in [-0.39, 0.29) is 34.1 Å². The van der Waals surface area contributed by atoms with Crippen molar-refractivity contribution in [3.63, 3.8) is 0 Å². The van der Waals surface area contributed by atoms with Crippen LogP contribution in [-0.4, -0.2) is 47.4 Å². The van der Waals surface area contributed by atoms with E-state index in [1.54, 1.807) is 59.7 Å². The maximum atomic E-state index is 13.2. The van der Waals surface area contributed by atoms with Gasteiger partial charge in [-0.3, -0.25) is 14.9 Å². The molecule has 0 spiro atoms. The quantitative estimate of drug-likeness (QED) is 0.234. The number of thiophene rings is 1. The molecule has 0 bridgehead atoms. The van der Waals surface area contributed by atoms with Crippen LogP contribution in [0.1, 0.15) is 63.2 Å². The Morgan fingerprint density at radius 2 is 1.79 bits per heavy atom. The fourth-order valence-electron chi connectivity index (χ4n) is 4.07. The van der Waals surface area contributed by atoms with Crippen molar-refractivity contribution in [2.75, 3.05) is 23.9 Å². The molecule has 1 atom stereocenters. The molecule has 2 aromatic heterocycles. The number of benzene rings is 1. The van der Waals surface area contributed by atoms with Crippen LogP contribution in [0.3, 0.4) is 0 Å². The number of amides is 3. The lowest BCUT2D eigenvalue weighted by Gasteiger charge is -2.29. The van der Waals surface area contributed by atoms with Crippen LogP contribution < -0.4 is 32.6 Å². The van der Waals surface area contributed by atoms with E-state index in [9.17, 15) is 19.6 Å². The highest BCUT2D eigenvalue weighted by Gasteiger charge is 2.27. The number of nitrogens with zero attached hydrogens (tertiary/aromatic N) is 2. The number of nitrogen functional groups attached to an aromatic ring is 2. The zero-order valence-electron chi connectivity index (χ0n) is 24.5. The Hall–Kier alpha value is -4.61. The van der Waals surface area contributed by atoms with Gasteiger partial charge < -0.3 is 36.7 Å². The van der Waals surface area contributed by atoms with E-state index in [4.69, 9.17) is 31.4 Å². The summed E-state index contributed by atoms with van der Waals surface area (Å²) in [5, 5.41) is 15.6. The van der Waals surface area contributed by atoms with Crippen molar-refractivity contribution < 1.29 is 28.6 Å². The first-order chi connectivity index (χ1) is 19.4. The molecule has 13 nitrogen and oxygen atoms in total. The highest BCUT2D eigenvalue weighted by molar-refractivity contribution is 7.21. The Labute approximate surface area is 247 Å². The second-order valence-electron chi connectivity index (χ2n) is 11.3. The highest BCUT2D eigenvalue weighted by Crippen LogP contribution is 2.43. The summed E-state index contributed by atoms with van der Waals surface area (Å²) in [6, 6.07) is 6.87. The number of pyridine rings is 1. The number of carbonyl (C=O) groups is 3. The van der Waals surface area contributed by atoms with Gasteiger partial charge in [-0.2, -0.15) is 5.26 Å². The molecular formula is C28H35N7O6S. The average Bonchev–Trinajstić information content (AvgIpc) is 3.16. The van der Waals surface area contributed by atoms with Gasteiger partial charge in [-0.05, 0) is 59.2 Å². The SMILES string of the molecule is COc1ccc(-c2c(C#N)c(N)nc3sc(C(N)=O)c(N)c23)cc1NC(=O)CC(NC(=O)OC(C)(C)C)OC(C)(C)C. The second-order valence-corrected chi connectivity index (χ2v) is 12.3. The lowest BCUT2D eigenvalue weighted by Crippen LogP contribution is -2.45. The number of hydrogen-bond donors (Lipinski definition) is 5. The summed E-state index contributed by atoms with van der Waals surface area (Å²) in [7, 11) is 1.43. The molecule has 3 amide bonds. The van der Waals surface area contributed by atoms with Gasteiger partial charge in [-0.1, -0.05) is 6.07 Å². The maximum Gasteiger partial charge on any atom is 0.409 e. The zero-order valence-corrected chi connectivity index (χ0v) is 25.3. The number of primary amides is 1. The molecule has 0 saturated carbocycles. The third-order valence-corrected chi connectivity index (χ3v) is 6.66. The minimum atomic E-state index is -1.02. The van der Waals surface area contributed by atoms with Crippen LogP contribution in [0.25, 0.3) is 21.3 Å². The number of fused-ring (bicyclic) bond motifs is 1. The van der Waals surface area contributed by atoms with Gasteiger partial charge in [0.05, 0.1) is 30.5 Å². The number of nitrogens with one attached hydrogen (secondary N) is 2. The molecule has 14 heteroatoms. The summed E-state index contributed by atoms with van der Waals surface area (Å²) in [6.45, 7) is 10.5. The van der Waals surface area contributed by atoms with Crippen molar-refractivity contribution in [1.82, 2.24) is 10.3 Å².